The molecule has 2 aromatic rings. The number of H-pyrrole nitrogens is 1. The molecule has 2 saturated heterocycles. The van der Waals surface area contributed by atoms with Gasteiger partial charge in [-0.25, -0.2) is 9.78 Å². The molecule has 0 spiro atoms. The fourth-order valence-electron chi connectivity index (χ4n) is 4.16. The molecule has 1 unspecified atom stereocenters. The molecule has 1 amide bonds. The number of carbonyl (C=O) groups is 1. The quantitative estimate of drug-likeness (QED) is 0.608. The van der Waals surface area contributed by atoms with E-state index in [1.54, 1.807) is 30.2 Å². The van der Waals surface area contributed by atoms with Crippen LogP contribution < -0.4 is 10.2 Å². The van der Waals surface area contributed by atoms with E-state index in [4.69, 9.17) is 4.74 Å². The Morgan fingerprint density at radius 2 is 2.25 bits per heavy atom. The third-order valence-electron chi connectivity index (χ3n) is 5.93. The van der Waals surface area contributed by atoms with Gasteiger partial charge in [0.25, 0.3) is 0 Å². The second kappa shape index (κ2) is 8.11. The van der Waals surface area contributed by atoms with Crippen molar-refractivity contribution in [3.8, 4) is 0 Å². The first-order valence-corrected chi connectivity index (χ1v) is 10.1. The Morgan fingerprint density at radius 3 is 2.91 bits per heavy atom. The van der Waals surface area contributed by atoms with Crippen molar-refractivity contribution in [3.63, 3.8) is 0 Å². The van der Waals surface area contributed by atoms with E-state index < -0.39 is 36.4 Å². The summed E-state index contributed by atoms with van der Waals surface area (Å²) in [5.41, 5.74) is -0.382. The number of nitrogens with one attached hydrogen (secondary N) is 2. The SMILES string of the molecule is Cc1cc(Nc2ccn[nH]2)nc(N2C[C@H]3N(C(=O)O)CC[C@@]3(OCC(C)C(F)(F)F)C2)n1. The summed E-state index contributed by atoms with van der Waals surface area (Å²) in [4.78, 5) is 23.7. The number of fused-ring (bicyclic) bond motifs is 1. The molecule has 4 rings (SSSR count). The molecule has 0 radical (unpaired) electrons. The van der Waals surface area contributed by atoms with Crippen LogP contribution in [0.3, 0.4) is 0 Å². The summed E-state index contributed by atoms with van der Waals surface area (Å²) in [6, 6.07) is 2.85. The number of halogens is 3. The molecule has 2 fully saturated rings. The van der Waals surface area contributed by atoms with Gasteiger partial charge in [-0.05, 0) is 13.3 Å². The van der Waals surface area contributed by atoms with Crippen LogP contribution in [0.2, 0.25) is 0 Å². The highest BCUT2D eigenvalue weighted by molar-refractivity contribution is 5.67. The average molecular weight is 455 g/mol. The maximum atomic E-state index is 13.0. The highest BCUT2D eigenvalue weighted by Crippen LogP contribution is 2.41. The lowest BCUT2D eigenvalue weighted by Crippen LogP contribution is -2.48. The summed E-state index contributed by atoms with van der Waals surface area (Å²) in [6.07, 6.45) is -3.63. The smallest absolute Gasteiger partial charge is 0.407 e. The monoisotopic (exact) mass is 455 g/mol. The van der Waals surface area contributed by atoms with Crippen LogP contribution in [0, 0.1) is 12.8 Å². The van der Waals surface area contributed by atoms with E-state index in [-0.39, 0.29) is 19.6 Å². The minimum Gasteiger partial charge on any atom is -0.465 e. The molecule has 0 aromatic carbocycles. The van der Waals surface area contributed by atoms with Crippen molar-refractivity contribution >= 4 is 23.7 Å². The summed E-state index contributed by atoms with van der Waals surface area (Å²) >= 11 is 0. The zero-order chi connectivity index (χ0) is 23.1. The Kier molecular flexibility index (Phi) is 5.61. The van der Waals surface area contributed by atoms with Gasteiger partial charge in [0.1, 0.15) is 17.2 Å². The van der Waals surface area contributed by atoms with Gasteiger partial charge in [-0.3, -0.25) is 5.10 Å². The van der Waals surface area contributed by atoms with Crippen LogP contribution in [0.25, 0.3) is 0 Å². The Labute approximate surface area is 181 Å². The summed E-state index contributed by atoms with van der Waals surface area (Å²) in [5, 5.41) is 19.3. The minimum atomic E-state index is -4.39. The van der Waals surface area contributed by atoms with Crippen molar-refractivity contribution in [1.82, 2.24) is 25.1 Å². The number of alkyl halides is 3. The van der Waals surface area contributed by atoms with E-state index in [0.29, 0.717) is 29.7 Å². The average Bonchev–Trinajstić information content (AvgIpc) is 3.40. The van der Waals surface area contributed by atoms with Crippen molar-refractivity contribution in [2.75, 3.05) is 36.5 Å². The highest BCUT2D eigenvalue weighted by atomic mass is 19.4. The first-order valence-electron chi connectivity index (χ1n) is 10.1. The number of anilines is 3. The van der Waals surface area contributed by atoms with Crippen molar-refractivity contribution in [1.29, 1.82) is 0 Å². The molecule has 4 heterocycles. The van der Waals surface area contributed by atoms with Crippen LogP contribution in [0.4, 0.5) is 35.5 Å². The van der Waals surface area contributed by atoms with E-state index in [9.17, 15) is 23.1 Å². The number of nitrogens with zero attached hydrogens (tertiary/aromatic N) is 5. The van der Waals surface area contributed by atoms with Gasteiger partial charge in [-0.1, -0.05) is 6.92 Å². The second-order valence-electron chi connectivity index (χ2n) is 8.23. The molecule has 13 heteroatoms. The number of aryl methyl sites for hydroxylation is 1. The topological polar surface area (TPSA) is 120 Å². The van der Waals surface area contributed by atoms with Crippen molar-refractivity contribution in [2.45, 2.75) is 38.1 Å². The Bertz CT molecular complexity index is 972. The lowest BCUT2D eigenvalue weighted by Gasteiger charge is -2.31. The maximum absolute atomic E-state index is 13.0. The van der Waals surface area contributed by atoms with Crippen LogP contribution in [-0.4, -0.2) is 80.3 Å². The normalized spacial score (nSPS) is 24.0. The summed E-state index contributed by atoms with van der Waals surface area (Å²) in [6.45, 7) is 2.93. The second-order valence-corrected chi connectivity index (χ2v) is 8.23. The van der Waals surface area contributed by atoms with Gasteiger partial charge in [0, 0.05) is 30.9 Å². The van der Waals surface area contributed by atoms with Crippen molar-refractivity contribution < 1.29 is 27.8 Å². The standard InChI is InChI=1S/C19H24F3N7O3/c1-11(19(20,21)22)9-32-18-4-6-29(17(30)31)13(18)8-28(10-18)16-24-12(2)7-15(26-16)25-14-3-5-23-27-14/h3,5,7,11,13H,4,6,8-10H2,1-2H3,(H,30,31)(H2,23,24,25,26,27)/t11?,13-,18-/m1/s1. The number of likely N-dealkylation sites (tertiary alicyclic amines) is 1. The summed E-state index contributed by atoms with van der Waals surface area (Å²) < 4.78 is 44.9. The van der Waals surface area contributed by atoms with Gasteiger partial charge in [0.15, 0.2) is 0 Å². The van der Waals surface area contributed by atoms with E-state index in [0.717, 1.165) is 6.92 Å². The van der Waals surface area contributed by atoms with Crippen LogP contribution in [0.1, 0.15) is 19.0 Å². The third-order valence-corrected chi connectivity index (χ3v) is 5.93. The molecular formula is C19H24F3N7O3. The van der Waals surface area contributed by atoms with Gasteiger partial charge >= 0.3 is 12.3 Å². The number of aromatic amines is 1. The molecule has 0 aliphatic carbocycles. The molecule has 174 valence electrons. The number of rotatable bonds is 6. The van der Waals surface area contributed by atoms with Gasteiger partial charge in [-0.15, -0.1) is 0 Å². The molecular weight excluding hydrogens is 431 g/mol. The predicted molar refractivity (Wildman–Crippen MR) is 108 cm³/mol. The summed E-state index contributed by atoms with van der Waals surface area (Å²) in [5.74, 6) is -0.181. The molecule has 2 aliphatic rings. The lowest BCUT2D eigenvalue weighted by atomic mass is 9.97. The van der Waals surface area contributed by atoms with Gasteiger partial charge in [0.05, 0.1) is 31.3 Å². The van der Waals surface area contributed by atoms with E-state index in [1.807, 2.05) is 0 Å². The third kappa shape index (κ3) is 4.29. The zero-order valence-corrected chi connectivity index (χ0v) is 17.6. The van der Waals surface area contributed by atoms with Gasteiger partial charge in [0.2, 0.25) is 5.95 Å². The molecule has 2 aliphatic heterocycles. The Balaban J connectivity index is 1.57. The largest absolute Gasteiger partial charge is 0.465 e. The van der Waals surface area contributed by atoms with E-state index >= 15 is 0 Å². The number of ether oxygens (including phenoxy) is 1. The number of hydrogen-bond acceptors (Lipinski definition) is 7. The predicted octanol–water partition coefficient (Wildman–Crippen LogP) is 2.78. The number of hydrogen-bond donors (Lipinski definition) is 3. The lowest BCUT2D eigenvalue weighted by molar-refractivity contribution is -0.194. The first kappa shape index (κ1) is 22.1. The Morgan fingerprint density at radius 1 is 1.47 bits per heavy atom. The van der Waals surface area contributed by atoms with Crippen LogP contribution >= 0.6 is 0 Å². The van der Waals surface area contributed by atoms with Crippen molar-refractivity contribution in [2.24, 2.45) is 5.92 Å². The molecule has 3 atom stereocenters. The molecule has 0 bridgehead atoms. The number of carboxylic acid groups (broad SMARTS) is 1. The van der Waals surface area contributed by atoms with E-state index in [1.165, 1.54) is 4.90 Å². The minimum absolute atomic E-state index is 0.193. The fraction of sp³-hybridized carbons (Fsp3) is 0.579. The number of amides is 1. The molecule has 10 nitrogen and oxygen atoms in total. The van der Waals surface area contributed by atoms with Crippen molar-refractivity contribution in [3.05, 3.63) is 24.0 Å². The van der Waals surface area contributed by atoms with Crippen LogP contribution in [0.5, 0.6) is 0 Å². The summed E-state index contributed by atoms with van der Waals surface area (Å²) in [7, 11) is 0. The van der Waals surface area contributed by atoms with Gasteiger partial charge in [-0.2, -0.15) is 23.3 Å². The maximum Gasteiger partial charge on any atom is 0.407 e. The first-order chi connectivity index (χ1) is 15.1. The van der Waals surface area contributed by atoms with Gasteiger partial charge < -0.3 is 25.0 Å². The zero-order valence-electron chi connectivity index (χ0n) is 17.6. The molecule has 0 saturated carbocycles. The van der Waals surface area contributed by atoms with E-state index in [2.05, 4.69) is 25.5 Å². The van der Waals surface area contributed by atoms with Crippen LogP contribution in [-0.2, 0) is 4.74 Å². The number of aromatic nitrogens is 4. The molecule has 3 N–H and O–H groups in total. The Hall–Kier alpha value is -3.09. The molecule has 2 aromatic heterocycles. The highest BCUT2D eigenvalue weighted by Gasteiger charge is 2.57. The van der Waals surface area contributed by atoms with Crippen LogP contribution in [0.15, 0.2) is 18.3 Å². The molecule has 32 heavy (non-hydrogen) atoms. The fourth-order valence-corrected chi connectivity index (χ4v) is 4.16.